The molecule has 0 aliphatic heterocycles. The first-order valence-electron chi connectivity index (χ1n) is 6.86. The van der Waals surface area contributed by atoms with Gasteiger partial charge in [0.2, 0.25) is 0 Å². The van der Waals surface area contributed by atoms with E-state index in [1.54, 1.807) is 0 Å². The third-order valence-electron chi connectivity index (χ3n) is 4.05. The molecule has 0 spiro atoms. The van der Waals surface area contributed by atoms with Crippen LogP contribution in [0.4, 0.5) is 0 Å². The molecule has 0 atom stereocenters. The molecule has 0 aromatic rings. The lowest BCUT2D eigenvalue weighted by atomic mass is 9.70. The Balaban J connectivity index is 2.47. The van der Waals surface area contributed by atoms with Gasteiger partial charge in [0.15, 0.2) is 0 Å². The standard InChI is InChI=1S/C14H30N2/c1-12(2)9-16(4)11-14(10-15)7-5-13(3)6-8-14/h12-13H,5-11,15H2,1-4H3. The van der Waals surface area contributed by atoms with Crippen molar-refractivity contribution in [1.29, 1.82) is 0 Å². The second-order valence-electron chi connectivity index (χ2n) is 6.48. The zero-order chi connectivity index (χ0) is 12.2. The molecule has 0 aromatic heterocycles. The van der Waals surface area contributed by atoms with Crippen LogP contribution in [0.1, 0.15) is 46.5 Å². The van der Waals surface area contributed by atoms with E-state index in [9.17, 15) is 0 Å². The average Bonchev–Trinajstić information content (AvgIpc) is 2.21. The van der Waals surface area contributed by atoms with Gasteiger partial charge in [0.1, 0.15) is 0 Å². The summed E-state index contributed by atoms with van der Waals surface area (Å²) in [5, 5.41) is 0. The minimum Gasteiger partial charge on any atom is -0.330 e. The van der Waals surface area contributed by atoms with Crippen LogP contribution in [0.5, 0.6) is 0 Å². The van der Waals surface area contributed by atoms with Crippen LogP contribution >= 0.6 is 0 Å². The molecule has 16 heavy (non-hydrogen) atoms. The number of nitrogens with zero attached hydrogens (tertiary/aromatic N) is 1. The number of nitrogens with two attached hydrogens (primary N) is 1. The van der Waals surface area contributed by atoms with Gasteiger partial charge in [-0.2, -0.15) is 0 Å². The van der Waals surface area contributed by atoms with Gasteiger partial charge < -0.3 is 10.6 Å². The van der Waals surface area contributed by atoms with Crippen molar-refractivity contribution >= 4 is 0 Å². The van der Waals surface area contributed by atoms with Crippen molar-refractivity contribution in [3.63, 3.8) is 0 Å². The van der Waals surface area contributed by atoms with Crippen LogP contribution in [-0.2, 0) is 0 Å². The molecular formula is C14H30N2. The van der Waals surface area contributed by atoms with Crippen molar-refractivity contribution in [1.82, 2.24) is 4.90 Å². The maximum absolute atomic E-state index is 6.04. The van der Waals surface area contributed by atoms with E-state index in [0.717, 1.165) is 18.4 Å². The Hall–Kier alpha value is -0.0800. The Morgan fingerprint density at radius 1 is 1.31 bits per heavy atom. The SMILES string of the molecule is CC(C)CN(C)CC1(CN)CCC(C)CC1. The first kappa shape index (κ1) is 14.0. The third-order valence-corrected chi connectivity index (χ3v) is 4.05. The highest BCUT2D eigenvalue weighted by atomic mass is 15.1. The summed E-state index contributed by atoms with van der Waals surface area (Å²) in [5.74, 6) is 1.66. The van der Waals surface area contributed by atoms with E-state index in [2.05, 4.69) is 32.7 Å². The minimum atomic E-state index is 0.413. The van der Waals surface area contributed by atoms with Gasteiger partial charge in [0.25, 0.3) is 0 Å². The molecule has 0 radical (unpaired) electrons. The van der Waals surface area contributed by atoms with E-state index in [-0.39, 0.29) is 0 Å². The summed E-state index contributed by atoms with van der Waals surface area (Å²) in [6, 6.07) is 0. The lowest BCUT2D eigenvalue weighted by Crippen LogP contribution is -2.44. The van der Waals surface area contributed by atoms with E-state index in [1.165, 1.54) is 38.8 Å². The van der Waals surface area contributed by atoms with Gasteiger partial charge in [-0.3, -0.25) is 0 Å². The van der Waals surface area contributed by atoms with Crippen LogP contribution in [0.2, 0.25) is 0 Å². The lowest BCUT2D eigenvalue weighted by Gasteiger charge is -2.41. The van der Waals surface area contributed by atoms with E-state index in [0.29, 0.717) is 5.41 Å². The molecule has 1 aliphatic carbocycles. The summed E-state index contributed by atoms with van der Waals surface area (Å²) in [6.07, 6.45) is 5.39. The first-order chi connectivity index (χ1) is 7.47. The van der Waals surface area contributed by atoms with Gasteiger partial charge in [-0.25, -0.2) is 0 Å². The lowest BCUT2D eigenvalue weighted by molar-refractivity contribution is 0.103. The highest BCUT2D eigenvalue weighted by Crippen LogP contribution is 2.38. The summed E-state index contributed by atoms with van der Waals surface area (Å²) < 4.78 is 0. The van der Waals surface area contributed by atoms with Gasteiger partial charge >= 0.3 is 0 Å². The summed E-state index contributed by atoms with van der Waals surface area (Å²) in [4.78, 5) is 2.48. The summed E-state index contributed by atoms with van der Waals surface area (Å²) in [6.45, 7) is 10.2. The van der Waals surface area contributed by atoms with Gasteiger partial charge in [-0.15, -0.1) is 0 Å². The molecule has 0 heterocycles. The molecule has 0 aromatic carbocycles. The minimum absolute atomic E-state index is 0.413. The third kappa shape index (κ3) is 4.06. The zero-order valence-electron chi connectivity index (χ0n) is 11.6. The summed E-state index contributed by atoms with van der Waals surface area (Å²) >= 11 is 0. The highest BCUT2D eigenvalue weighted by Gasteiger charge is 2.33. The molecule has 1 aliphatic rings. The second kappa shape index (κ2) is 6.02. The van der Waals surface area contributed by atoms with Crippen LogP contribution in [0, 0.1) is 17.3 Å². The van der Waals surface area contributed by atoms with Crippen LogP contribution in [-0.4, -0.2) is 31.6 Å². The molecule has 0 amide bonds. The quantitative estimate of drug-likeness (QED) is 0.781. The van der Waals surface area contributed by atoms with Crippen molar-refractivity contribution in [2.75, 3.05) is 26.7 Å². The predicted octanol–water partition coefficient (Wildman–Crippen LogP) is 2.73. The van der Waals surface area contributed by atoms with Gasteiger partial charge in [0.05, 0.1) is 0 Å². The molecule has 0 bridgehead atoms. The Labute approximate surface area is 102 Å². The fourth-order valence-electron chi connectivity index (χ4n) is 3.06. The van der Waals surface area contributed by atoms with Crippen LogP contribution in [0.3, 0.4) is 0 Å². The fraction of sp³-hybridized carbons (Fsp3) is 1.00. The van der Waals surface area contributed by atoms with Gasteiger partial charge in [-0.05, 0) is 43.7 Å². The van der Waals surface area contributed by atoms with Gasteiger partial charge in [0, 0.05) is 13.1 Å². The smallest absolute Gasteiger partial charge is 0.00471 e. The van der Waals surface area contributed by atoms with Crippen LogP contribution in [0.15, 0.2) is 0 Å². The second-order valence-corrected chi connectivity index (χ2v) is 6.48. The number of hydrogen-bond acceptors (Lipinski definition) is 2. The fourth-order valence-corrected chi connectivity index (χ4v) is 3.06. The Kier molecular flexibility index (Phi) is 5.26. The van der Waals surface area contributed by atoms with Crippen LogP contribution in [0.25, 0.3) is 0 Å². The van der Waals surface area contributed by atoms with E-state index < -0.39 is 0 Å². The van der Waals surface area contributed by atoms with E-state index >= 15 is 0 Å². The monoisotopic (exact) mass is 226 g/mol. The maximum Gasteiger partial charge on any atom is 0.00471 e. The molecule has 1 saturated carbocycles. The number of hydrogen-bond donors (Lipinski definition) is 1. The van der Waals surface area contributed by atoms with Crippen molar-refractivity contribution in [3.05, 3.63) is 0 Å². The molecule has 1 fully saturated rings. The summed E-state index contributed by atoms with van der Waals surface area (Å²) in [7, 11) is 2.25. The molecule has 2 N–H and O–H groups in total. The topological polar surface area (TPSA) is 29.3 Å². The number of rotatable bonds is 5. The zero-order valence-corrected chi connectivity index (χ0v) is 11.6. The highest BCUT2D eigenvalue weighted by molar-refractivity contribution is 4.87. The normalized spacial score (nSPS) is 31.3. The Morgan fingerprint density at radius 2 is 1.88 bits per heavy atom. The van der Waals surface area contributed by atoms with Crippen LogP contribution < -0.4 is 5.73 Å². The Bertz CT molecular complexity index is 193. The van der Waals surface area contributed by atoms with Crippen molar-refractivity contribution in [3.8, 4) is 0 Å². The Morgan fingerprint density at radius 3 is 2.31 bits per heavy atom. The van der Waals surface area contributed by atoms with Gasteiger partial charge in [-0.1, -0.05) is 33.6 Å². The molecule has 0 saturated heterocycles. The largest absolute Gasteiger partial charge is 0.330 e. The molecular weight excluding hydrogens is 196 g/mol. The van der Waals surface area contributed by atoms with Crippen molar-refractivity contribution in [2.24, 2.45) is 23.0 Å². The molecule has 0 unspecified atom stereocenters. The van der Waals surface area contributed by atoms with Crippen molar-refractivity contribution in [2.45, 2.75) is 46.5 Å². The first-order valence-corrected chi connectivity index (χ1v) is 6.86. The average molecular weight is 226 g/mol. The molecule has 2 heteroatoms. The molecule has 96 valence electrons. The van der Waals surface area contributed by atoms with E-state index in [4.69, 9.17) is 5.73 Å². The van der Waals surface area contributed by atoms with Crippen molar-refractivity contribution < 1.29 is 0 Å². The molecule has 2 nitrogen and oxygen atoms in total. The molecule has 1 rings (SSSR count). The predicted molar refractivity (Wildman–Crippen MR) is 71.5 cm³/mol. The summed E-state index contributed by atoms with van der Waals surface area (Å²) in [5.41, 5.74) is 6.45. The maximum atomic E-state index is 6.04. The van der Waals surface area contributed by atoms with E-state index in [1.807, 2.05) is 0 Å².